The molecule has 4 amide bonds. The van der Waals surface area contributed by atoms with Crippen LogP contribution in [0.15, 0.2) is 35.4 Å². The summed E-state index contributed by atoms with van der Waals surface area (Å²) in [7, 11) is 0. The van der Waals surface area contributed by atoms with Crippen molar-refractivity contribution in [3.8, 4) is 6.07 Å². The molecule has 2 heterocycles. The summed E-state index contributed by atoms with van der Waals surface area (Å²) in [6.45, 7) is 1.41. The standard InChI is InChI=1S/C30H33N5O4S/c1-19(36)32-22-11-13-24(14-12-22)35-27(37)16-26(30(35)39)34(23-8-3-2-4-9-23)28(38)18-40-29-21(17-31)15-20-7-5-6-10-25(20)33-29/h11-15,23,26H,2-10,16,18H2,1H3,(H,32,36). The smallest absolute Gasteiger partial charge is 0.257 e. The van der Waals surface area contributed by atoms with Crippen molar-refractivity contribution in [1.29, 1.82) is 5.26 Å². The molecule has 1 aliphatic heterocycles. The number of benzene rings is 1. The van der Waals surface area contributed by atoms with Gasteiger partial charge in [0.2, 0.25) is 17.7 Å². The van der Waals surface area contributed by atoms with Gasteiger partial charge in [-0.2, -0.15) is 5.26 Å². The number of anilines is 2. The van der Waals surface area contributed by atoms with Crippen molar-refractivity contribution in [3.63, 3.8) is 0 Å². The molecule has 2 aromatic rings. The van der Waals surface area contributed by atoms with Crippen LogP contribution in [0.2, 0.25) is 0 Å². The number of carbonyl (C=O) groups excluding carboxylic acids is 4. The van der Waals surface area contributed by atoms with Crippen molar-refractivity contribution < 1.29 is 19.2 Å². The van der Waals surface area contributed by atoms with Gasteiger partial charge in [-0.3, -0.25) is 19.2 Å². The zero-order valence-electron chi connectivity index (χ0n) is 22.6. The second-order valence-corrected chi connectivity index (χ2v) is 11.6. The van der Waals surface area contributed by atoms with E-state index in [0.29, 0.717) is 22.0 Å². The average Bonchev–Trinajstić information content (AvgIpc) is 3.25. The number of aromatic nitrogens is 1. The van der Waals surface area contributed by atoms with E-state index in [2.05, 4.69) is 11.4 Å². The zero-order chi connectivity index (χ0) is 28.2. The van der Waals surface area contributed by atoms with E-state index in [-0.39, 0.29) is 35.9 Å². The number of pyridine rings is 1. The lowest BCUT2D eigenvalue weighted by atomic mass is 9.92. The van der Waals surface area contributed by atoms with Crippen LogP contribution in [0.4, 0.5) is 11.4 Å². The Hall–Kier alpha value is -3.71. The van der Waals surface area contributed by atoms with Gasteiger partial charge in [0, 0.05) is 24.3 Å². The third-order valence-corrected chi connectivity index (χ3v) is 8.86. The predicted molar refractivity (Wildman–Crippen MR) is 152 cm³/mol. The monoisotopic (exact) mass is 559 g/mol. The van der Waals surface area contributed by atoms with Gasteiger partial charge in [0.05, 0.1) is 23.4 Å². The Morgan fingerprint density at radius 1 is 1.10 bits per heavy atom. The van der Waals surface area contributed by atoms with Crippen molar-refractivity contribution in [2.45, 2.75) is 88.2 Å². The SMILES string of the molecule is CC(=O)Nc1ccc(N2C(=O)CC(N(C(=O)CSc3nc4c(cc3C#N)CCCC4)C3CCCCC3)C2=O)cc1. The molecule has 1 saturated heterocycles. The molecule has 1 aromatic heterocycles. The Morgan fingerprint density at radius 2 is 1.82 bits per heavy atom. The van der Waals surface area contributed by atoms with Gasteiger partial charge in [0.1, 0.15) is 17.1 Å². The molecule has 2 fully saturated rings. The molecular formula is C30H33N5O4S. The summed E-state index contributed by atoms with van der Waals surface area (Å²) in [6, 6.07) is 9.68. The van der Waals surface area contributed by atoms with Gasteiger partial charge in [-0.05, 0) is 74.4 Å². The van der Waals surface area contributed by atoms with E-state index in [1.807, 2.05) is 6.07 Å². The minimum Gasteiger partial charge on any atom is -0.326 e. The van der Waals surface area contributed by atoms with E-state index in [0.717, 1.165) is 73.9 Å². The first-order chi connectivity index (χ1) is 19.4. The van der Waals surface area contributed by atoms with Crippen LogP contribution in [0.25, 0.3) is 0 Å². The lowest BCUT2D eigenvalue weighted by Gasteiger charge is -2.37. The van der Waals surface area contributed by atoms with Crippen LogP contribution in [0.5, 0.6) is 0 Å². The first-order valence-electron chi connectivity index (χ1n) is 14.0. The van der Waals surface area contributed by atoms with Gasteiger partial charge >= 0.3 is 0 Å². The number of carbonyl (C=O) groups is 4. The number of imide groups is 1. The molecule has 1 unspecified atom stereocenters. The van der Waals surface area contributed by atoms with Gasteiger partial charge in [0.25, 0.3) is 5.91 Å². The van der Waals surface area contributed by atoms with Gasteiger partial charge in [0.15, 0.2) is 0 Å². The van der Waals surface area contributed by atoms with Crippen LogP contribution in [-0.2, 0) is 32.0 Å². The number of aryl methyl sites for hydroxylation is 2. The highest BCUT2D eigenvalue weighted by Gasteiger charge is 2.46. The van der Waals surface area contributed by atoms with Crippen molar-refractivity contribution in [3.05, 3.63) is 47.2 Å². The maximum Gasteiger partial charge on any atom is 0.257 e. The Bertz CT molecular complexity index is 1360. The maximum absolute atomic E-state index is 13.8. The summed E-state index contributed by atoms with van der Waals surface area (Å²) < 4.78 is 0. The van der Waals surface area contributed by atoms with E-state index in [4.69, 9.17) is 4.98 Å². The molecule has 10 heteroatoms. The molecule has 1 saturated carbocycles. The van der Waals surface area contributed by atoms with Crippen LogP contribution in [0, 0.1) is 11.3 Å². The van der Waals surface area contributed by atoms with Crippen molar-refractivity contribution in [2.75, 3.05) is 16.0 Å². The highest BCUT2D eigenvalue weighted by Crippen LogP contribution is 2.33. The molecular weight excluding hydrogens is 526 g/mol. The molecule has 1 N–H and O–H groups in total. The molecule has 9 nitrogen and oxygen atoms in total. The molecule has 3 aliphatic rings. The molecule has 2 aliphatic carbocycles. The molecule has 0 radical (unpaired) electrons. The summed E-state index contributed by atoms with van der Waals surface area (Å²) in [5.41, 5.74) is 3.57. The van der Waals surface area contributed by atoms with Crippen molar-refractivity contribution in [2.24, 2.45) is 0 Å². The zero-order valence-corrected chi connectivity index (χ0v) is 23.5. The van der Waals surface area contributed by atoms with Crippen LogP contribution in [0.1, 0.15) is 75.1 Å². The number of nitriles is 1. The van der Waals surface area contributed by atoms with Crippen LogP contribution in [-0.4, -0.2) is 51.3 Å². The Balaban J connectivity index is 1.36. The number of amides is 4. The minimum atomic E-state index is -0.870. The fraction of sp³-hybridized carbons (Fsp3) is 0.467. The molecule has 208 valence electrons. The van der Waals surface area contributed by atoms with Gasteiger partial charge in [-0.25, -0.2) is 9.88 Å². The summed E-state index contributed by atoms with van der Waals surface area (Å²) in [5, 5.41) is 13.0. The number of thioether (sulfide) groups is 1. The number of fused-ring (bicyclic) bond motifs is 1. The van der Waals surface area contributed by atoms with Crippen molar-refractivity contribution >= 4 is 46.8 Å². The van der Waals surface area contributed by atoms with E-state index in [9.17, 15) is 24.4 Å². The third-order valence-electron chi connectivity index (χ3n) is 7.88. The second-order valence-electron chi connectivity index (χ2n) is 10.7. The fourth-order valence-electron chi connectivity index (χ4n) is 6.00. The summed E-state index contributed by atoms with van der Waals surface area (Å²) in [5.74, 6) is -1.15. The summed E-state index contributed by atoms with van der Waals surface area (Å²) >= 11 is 1.24. The Kier molecular flexibility index (Phi) is 8.50. The molecule has 1 atom stereocenters. The summed E-state index contributed by atoms with van der Waals surface area (Å²) in [6.07, 6.45) is 8.48. The number of nitrogens with one attached hydrogen (secondary N) is 1. The van der Waals surface area contributed by atoms with Crippen LogP contribution in [0.3, 0.4) is 0 Å². The fourth-order valence-corrected chi connectivity index (χ4v) is 6.85. The first kappa shape index (κ1) is 27.8. The Labute approximate surface area is 238 Å². The summed E-state index contributed by atoms with van der Waals surface area (Å²) in [4.78, 5) is 59.5. The highest BCUT2D eigenvalue weighted by atomic mass is 32.2. The quantitative estimate of drug-likeness (QED) is 0.395. The largest absolute Gasteiger partial charge is 0.326 e. The number of rotatable bonds is 7. The Morgan fingerprint density at radius 3 is 2.52 bits per heavy atom. The normalized spacial score (nSPS) is 19.2. The molecule has 40 heavy (non-hydrogen) atoms. The third kappa shape index (κ3) is 5.89. The number of hydrogen-bond acceptors (Lipinski definition) is 7. The molecule has 0 spiro atoms. The van der Waals surface area contributed by atoms with Gasteiger partial charge in [-0.15, -0.1) is 0 Å². The predicted octanol–water partition coefficient (Wildman–Crippen LogP) is 4.38. The molecule has 1 aromatic carbocycles. The maximum atomic E-state index is 13.8. The van der Waals surface area contributed by atoms with E-state index in [1.165, 1.54) is 18.7 Å². The van der Waals surface area contributed by atoms with Crippen LogP contribution >= 0.6 is 11.8 Å². The number of hydrogen-bond donors (Lipinski definition) is 1. The lowest BCUT2D eigenvalue weighted by Crippen LogP contribution is -2.52. The molecule has 5 rings (SSSR count). The van der Waals surface area contributed by atoms with Gasteiger partial charge in [-0.1, -0.05) is 31.0 Å². The number of nitrogens with zero attached hydrogens (tertiary/aromatic N) is 4. The average molecular weight is 560 g/mol. The minimum absolute atomic E-state index is 0.0420. The molecule has 0 bridgehead atoms. The van der Waals surface area contributed by atoms with E-state index < -0.39 is 11.9 Å². The first-order valence-corrected chi connectivity index (χ1v) is 15.0. The lowest BCUT2D eigenvalue weighted by molar-refractivity contribution is -0.139. The van der Waals surface area contributed by atoms with E-state index >= 15 is 0 Å². The van der Waals surface area contributed by atoms with Crippen molar-refractivity contribution in [1.82, 2.24) is 9.88 Å². The topological polar surface area (TPSA) is 123 Å². The van der Waals surface area contributed by atoms with Crippen LogP contribution < -0.4 is 10.2 Å². The highest BCUT2D eigenvalue weighted by molar-refractivity contribution is 8.00. The second kappa shape index (κ2) is 12.2. The van der Waals surface area contributed by atoms with E-state index in [1.54, 1.807) is 29.2 Å². The van der Waals surface area contributed by atoms with Gasteiger partial charge < -0.3 is 10.2 Å².